The van der Waals surface area contributed by atoms with E-state index in [9.17, 15) is 9.59 Å². The molecule has 1 amide bonds. The predicted octanol–water partition coefficient (Wildman–Crippen LogP) is 5.72. The number of ether oxygens (including phenoxy) is 3. The highest BCUT2D eigenvalue weighted by atomic mass is 79.9. The highest BCUT2D eigenvalue weighted by molar-refractivity contribution is 9.10. The third kappa shape index (κ3) is 4.74. The number of hydrogen-bond acceptors (Lipinski definition) is 6. The molecule has 0 saturated carbocycles. The van der Waals surface area contributed by atoms with Crippen LogP contribution in [0.5, 0.6) is 17.2 Å². The monoisotopic (exact) mass is 554 g/mol. The lowest BCUT2D eigenvalue weighted by Crippen LogP contribution is -2.39. The van der Waals surface area contributed by atoms with Gasteiger partial charge < -0.3 is 24.8 Å². The summed E-state index contributed by atoms with van der Waals surface area (Å²) < 4.78 is 17.2. The number of rotatable bonds is 6. The van der Waals surface area contributed by atoms with Gasteiger partial charge in [0.05, 0.1) is 27.0 Å². The summed E-state index contributed by atoms with van der Waals surface area (Å²) in [5, 5.41) is 6.39. The molecule has 2 aromatic rings. The lowest BCUT2D eigenvalue weighted by atomic mass is 9.68. The van der Waals surface area contributed by atoms with Gasteiger partial charge in [0.25, 0.3) is 5.91 Å². The van der Waals surface area contributed by atoms with Crippen LogP contribution in [0.3, 0.4) is 0 Å². The van der Waals surface area contributed by atoms with Crippen LogP contribution in [0.2, 0.25) is 0 Å². The highest BCUT2D eigenvalue weighted by Crippen LogP contribution is 2.49. The zero-order valence-electron chi connectivity index (χ0n) is 21.4. The molecular formula is C28H31BrN2O5. The molecule has 7 nitrogen and oxygen atoms in total. The van der Waals surface area contributed by atoms with Crippen LogP contribution in [-0.4, -0.2) is 33.0 Å². The molecule has 0 aromatic heterocycles. The summed E-state index contributed by atoms with van der Waals surface area (Å²) in [6, 6.07) is 10.9. The third-order valence-electron chi connectivity index (χ3n) is 6.65. The minimum absolute atomic E-state index is 0.0236. The van der Waals surface area contributed by atoms with Crippen molar-refractivity contribution in [2.24, 2.45) is 5.41 Å². The van der Waals surface area contributed by atoms with Crippen LogP contribution in [0.15, 0.2) is 63.4 Å². The summed E-state index contributed by atoms with van der Waals surface area (Å²) in [6.45, 7) is 6.04. The van der Waals surface area contributed by atoms with Crippen molar-refractivity contribution < 1.29 is 23.8 Å². The molecule has 4 rings (SSSR count). The van der Waals surface area contributed by atoms with Crippen LogP contribution < -0.4 is 24.8 Å². The fraction of sp³-hybridized carbons (Fsp3) is 0.357. The van der Waals surface area contributed by atoms with Gasteiger partial charge >= 0.3 is 0 Å². The van der Waals surface area contributed by atoms with E-state index >= 15 is 0 Å². The van der Waals surface area contributed by atoms with Gasteiger partial charge in [-0.1, -0.05) is 41.9 Å². The number of Topliss-reactive ketones (excluding diaryl/α,β-unsaturated/α-hetero) is 1. The molecule has 0 bridgehead atoms. The Morgan fingerprint density at radius 2 is 1.67 bits per heavy atom. The molecule has 8 heteroatoms. The minimum atomic E-state index is -0.603. The number of para-hydroxylation sites is 2. The number of carbonyl (C=O) groups is 2. The van der Waals surface area contributed by atoms with Crippen molar-refractivity contribution in [3.63, 3.8) is 0 Å². The summed E-state index contributed by atoms with van der Waals surface area (Å²) in [5.74, 6) is 0.715. The molecule has 190 valence electrons. The van der Waals surface area contributed by atoms with Gasteiger partial charge in [-0.2, -0.15) is 0 Å². The van der Waals surface area contributed by atoms with Crippen LogP contribution in [0.25, 0.3) is 0 Å². The average Bonchev–Trinajstić information content (AvgIpc) is 2.82. The van der Waals surface area contributed by atoms with Gasteiger partial charge in [0.1, 0.15) is 5.75 Å². The number of carbonyl (C=O) groups excluding carboxylic acids is 2. The fourth-order valence-electron chi connectivity index (χ4n) is 5.08. The maximum Gasteiger partial charge on any atom is 0.254 e. The summed E-state index contributed by atoms with van der Waals surface area (Å²) in [4.78, 5) is 27.5. The van der Waals surface area contributed by atoms with Crippen LogP contribution in [-0.2, 0) is 9.59 Å². The second-order valence-electron chi connectivity index (χ2n) is 9.81. The number of halogens is 1. The molecule has 0 radical (unpaired) electrons. The SMILES string of the molecule is COc1ccccc1NC(=O)C1=C(C)NC2=C(C(=O)CC(C)(C)C2)[C@@H]1c1cc(OC)c(OC)cc1Br. The van der Waals surface area contributed by atoms with Crippen molar-refractivity contribution in [3.05, 3.63) is 69.0 Å². The van der Waals surface area contributed by atoms with Crippen molar-refractivity contribution in [1.82, 2.24) is 5.32 Å². The Morgan fingerprint density at radius 1 is 1.03 bits per heavy atom. The Hall–Kier alpha value is -3.26. The zero-order chi connectivity index (χ0) is 26.2. The van der Waals surface area contributed by atoms with Gasteiger partial charge in [0.2, 0.25) is 0 Å². The lowest BCUT2D eigenvalue weighted by molar-refractivity contribution is -0.118. The van der Waals surface area contributed by atoms with E-state index in [1.807, 2.05) is 25.1 Å². The Morgan fingerprint density at radius 3 is 2.33 bits per heavy atom. The maximum absolute atomic E-state index is 13.9. The van der Waals surface area contributed by atoms with Gasteiger partial charge in [0, 0.05) is 39.4 Å². The van der Waals surface area contributed by atoms with Crippen LogP contribution in [0.4, 0.5) is 5.69 Å². The molecular weight excluding hydrogens is 524 g/mol. The molecule has 0 unspecified atom stereocenters. The molecule has 2 N–H and O–H groups in total. The molecule has 0 spiro atoms. The van der Waals surface area contributed by atoms with Crippen molar-refractivity contribution in [3.8, 4) is 17.2 Å². The summed E-state index contributed by atoms with van der Waals surface area (Å²) in [7, 11) is 4.69. The van der Waals surface area contributed by atoms with E-state index in [0.717, 1.165) is 11.3 Å². The normalized spacial score (nSPS) is 18.9. The number of methoxy groups -OCH3 is 3. The first-order valence-electron chi connectivity index (χ1n) is 11.7. The first-order valence-corrected chi connectivity index (χ1v) is 12.5. The van der Waals surface area contributed by atoms with Gasteiger partial charge in [-0.05, 0) is 48.6 Å². The zero-order valence-corrected chi connectivity index (χ0v) is 23.0. The summed E-state index contributed by atoms with van der Waals surface area (Å²) in [5.41, 5.74) is 3.73. The van der Waals surface area contributed by atoms with Crippen LogP contribution >= 0.6 is 15.9 Å². The molecule has 1 aliphatic carbocycles. The van der Waals surface area contributed by atoms with Crippen molar-refractivity contribution in [2.45, 2.75) is 39.5 Å². The van der Waals surface area contributed by atoms with E-state index in [0.29, 0.717) is 57.1 Å². The van der Waals surface area contributed by atoms with E-state index in [1.54, 1.807) is 39.5 Å². The summed E-state index contributed by atoms with van der Waals surface area (Å²) >= 11 is 3.67. The Labute approximate surface area is 220 Å². The van der Waals surface area contributed by atoms with Crippen molar-refractivity contribution >= 4 is 33.3 Å². The first-order chi connectivity index (χ1) is 17.1. The standard InChI is InChI=1S/C28H31BrN2O5/c1-15-24(27(33)31-18-9-7-8-10-21(18)34-4)25(16-11-22(35-5)23(36-6)12-17(16)29)26-19(30-15)13-28(2,3)14-20(26)32/h7-12,25,30H,13-14H2,1-6H3,(H,31,33)/t25-/m1/s1. The average molecular weight is 555 g/mol. The number of hydrogen-bond donors (Lipinski definition) is 2. The molecule has 1 atom stereocenters. The number of dihydropyridines is 1. The first kappa shape index (κ1) is 25.8. The number of amides is 1. The molecule has 2 aliphatic rings. The Kier molecular flexibility index (Phi) is 7.18. The van der Waals surface area contributed by atoms with Gasteiger partial charge in [-0.3, -0.25) is 9.59 Å². The van der Waals surface area contributed by atoms with E-state index in [-0.39, 0.29) is 17.1 Å². The topological polar surface area (TPSA) is 85.9 Å². The largest absolute Gasteiger partial charge is 0.495 e. The van der Waals surface area contributed by atoms with Gasteiger partial charge in [-0.25, -0.2) is 0 Å². The smallest absolute Gasteiger partial charge is 0.254 e. The maximum atomic E-state index is 13.9. The number of nitrogens with one attached hydrogen (secondary N) is 2. The number of anilines is 1. The second kappa shape index (κ2) is 10.0. The van der Waals surface area contributed by atoms with E-state index in [4.69, 9.17) is 14.2 Å². The highest BCUT2D eigenvalue weighted by Gasteiger charge is 2.43. The minimum Gasteiger partial charge on any atom is -0.495 e. The van der Waals surface area contributed by atoms with Crippen LogP contribution in [0, 0.1) is 5.41 Å². The summed E-state index contributed by atoms with van der Waals surface area (Å²) in [6.07, 6.45) is 1.10. The predicted molar refractivity (Wildman–Crippen MR) is 142 cm³/mol. The van der Waals surface area contributed by atoms with Gasteiger partial charge in [0.15, 0.2) is 17.3 Å². The second-order valence-corrected chi connectivity index (χ2v) is 10.7. The van der Waals surface area contributed by atoms with Crippen molar-refractivity contribution in [1.29, 1.82) is 0 Å². The molecule has 36 heavy (non-hydrogen) atoms. The molecule has 1 aliphatic heterocycles. The molecule has 2 aromatic carbocycles. The van der Waals surface area contributed by atoms with Crippen molar-refractivity contribution in [2.75, 3.05) is 26.6 Å². The van der Waals surface area contributed by atoms with E-state index in [1.165, 1.54) is 0 Å². The quantitative estimate of drug-likeness (QED) is 0.475. The molecule has 0 fully saturated rings. The number of ketones is 1. The lowest BCUT2D eigenvalue weighted by Gasteiger charge is -2.40. The Balaban J connectivity index is 1.89. The number of allylic oxidation sites excluding steroid dienone is 3. The van der Waals surface area contributed by atoms with E-state index in [2.05, 4.69) is 40.4 Å². The molecule has 1 heterocycles. The van der Waals surface area contributed by atoms with Gasteiger partial charge in [-0.15, -0.1) is 0 Å². The third-order valence-corrected chi connectivity index (χ3v) is 7.34. The van der Waals surface area contributed by atoms with E-state index < -0.39 is 5.92 Å². The fourth-order valence-corrected chi connectivity index (χ4v) is 5.63. The molecule has 0 saturated heterocycles. The number of benzene rings is 2. The Bertz CT molecular complexity index is 1290. The van der Waals surface area contributed by atoms with Crippen LogP contribution in [0.1, 0.15) is 45.1 Å².